The minimum absolute atomic E-state index is 0.0255. The third kappa shape index (κ3) is 4.73. The van der Waals surface area contributed by atoms with Gasteiger partial charge < -0.3 is 15.3 Å². The molecule has 1 aliphatic rings. The van der Waals surface area contributed by atoms with E-state index in [1.165, 1.54) is 6.07 Å². The summed E-state index contributed by atoms with van der Waals surface area (Å²) in [7, 11) is 0. The van der Waals surface area contributed by atoms with Crippen LogP contribution < -0.4 is 5.32 Å². The topological polar surface area (TPSA) is 86.7 Å². The number of hydrogen-bond acceptors (Lipinski definition) is 3. The van der Waals surface area contributed by atoms with Gasteiger partial charge in [-0.15, -0.1) is 0 Å². The summed E-state index contributed by atoms with van der Waals surface area (Å²) in [6.07, 6.45) is 1.65. The first-order valence-corrected chi connectivity index (χ1v) is 9.09. The van der Waals surface area contributed by atoms with E-state index in [0.717, 1.165) is 17.7 Å². The summed E-state index contributed by atoms with van der Waals surface area (Å²) >= 11 is 0. The molecule has 6 nitrogen and oxygen atoms in total. The first kappa shape index (κ1) is 19.5. The predicted octanol–water partition coefficient (Wildman–Crippen LogP) is 2.49. The zero-order chi connectivity index (χ0) is 20.1. The average molecular weight is 384 g/mol. The van der Waals surface area contributed by atoms with Crippen LogP contribution in [-0.2, 0) is 11.2 Å². The van der Waals surface area contributed by atoms with Crippen molar-refractivity contribution >= 4 is 17.8 Å². The van der Waals surface area contributed by atoms with Crippen LogP contribution in [0.5, 0.6) is 0 Å². The van der Waals surface area contributed by atoms with Gasteiger partial charge in [0, 0.05) is 25.6 Å². The summed E-state index contributed by atoms with van der Waals surface area (Å²) in [6.45, 7) is 0.924. The van der Waals surface area contributed by atoms with Crippen LogP contribution in [0.1, 0.15) is 39.1 Å². The van der Waals surface area contributed by atoms with Gasteiger partial charge in [0.1, 0.15) is 5.82 Å². The maximum absolute atomic E-state index is 14.0. The number of nitrogens with one attached hydrogen (secondary N) is 1. The number of hydrogen-bond donors (Lipinski definition) is 2. The molecule has 1 unspecified atom stereocenters. The Morgan fingerprint density at radius 3 is 2.57 bits per heavy atom. The highest BCUT2D eigenvalue weighted by molar-refractivity contribution is 5.96. The number of amides is 2. The van der Waals surface area contributed by atoms with Crippen molar-refractivity contribution in [3.63, 3.8) is 0 Å². The summed E-state index contributed by atoms with van der Waals surface area (Å²) in [5, 5.41) is 11.6. The largest absolute Gasteiger partial charge is 0.478 e. The van der Waals surface area contributed by atoms with Gasteiger partial charge in [-0.2, -0.15) is 0 Å². The van der Waals surface area contributed by atoms with Crippen LogP contribution in [0.25, 0.3) is 0 Å². The number of nitrogens with zero attached hydrogens (tertiary/aromatic N) is 1. The molecule has 2 amide bonds. The molecule has 1 fully saturated rings. The molecule has 1 heterocycles. The normalized spacial score (nSPS) is 16.0. The Hall–Kier alpha value is -3.22. The van der Waals surface area contributed by atoms with E-state index in [1.807, 2.05) is 30.3 Å². The third-order valence-corrected chi connectivity index (χ3v) is 4.81. The fourth-order valence-corrected chi connectivity index (χ4v) is 3.25. The van der Waals surface area contributed by atoms with Crippen molar-refractivity contribution < 1.29 is 23.9 Å². The molecule has 3 rings (SSSR count). The van der Waals surface area contributed by atoms with E-state index in [1.54, 1.807) is 4.90 Å². The number of aromatic carboxylic acids is 1. The Kier molecular flexibility index (Phi) is 6.03. The van der Waals surface area contributed by atoms with Gasteiger partial charge in [0.15, 0.2) is 0 Å². The number of aryl methyl sites for hydroxylation is 1. The Balaban J connectivity index is 1.52. The van der Waals surface area contributed by atoms with Gasteiger partial charge in [0.2, 0.25) is 5.91 Å². The molecule has 2 N–H and O–H groups in total. The van der Waals surface area contributed by atoms with E-state index in [-0.39, 0.29) is 23.1 Å². The fraction of sp³-hybridized carbons (Fsp3) is 0.286. The summed E-state index contributed by atoms with van der Waals surface area (Å²) in [4.78, 5) is 37.2. The van der Waals surface area contributed by atoms with Crippen molar-refractivity contribution in [1.29, 1.82) is 0 Å². The standard InChI is InChI=1S/C21H21FN2O4/c22-18-12-15(21(27)28)7-8-17(18)20(26)23-16-10-11-24(13-16)19(25)9-6-14-4-2-1-3-5-14/h1-5,7-8,12,16H,6,9-11,13H2,(H,23,26)(H,27,28). The molecule has 0 spiro atoms. The van der Waals surface area contributed by atoms with Gasteiger partial charge in [-0.25, -0.2) is 9.18 Å². The van der Waals surface area contributed by atoms with Crippen LogP contribution in [0.2, 0.25) is 0 Å². The number of carboxylic acid groups (broad SMARTS) is 1. The zero-order valence-electron chi connectivity index (χ0n) is 15.2. The Labute approximate surface area is 162 Å². The molecule has 28 heavy (non-hydrogen) atoms. The lowest BCUT2D eigenvalue weighted by Gasteiger charge is -2.17. The lowest BCUT2D eigenvalue weighted by Crippen LogP contribution is -2.38. The smallest absolute Gasteiger partial charge is 0.335 e. The molecular weight excluding hydrogens is 363 g/mol. The lowest BCUT2D eigenvalue weighted by molar-refractivity contribution is -0.130. The number of carbonyl (C=O) groups is 3. The average Bonchev–Trinajstić information content (AvgIpc) is 3.15. The highest BCUT2D eigenvalue weighted by Gasteiger charge is 2.28. The minimum atomic E-state index is -1.26. The molecular formula is C21H21FN2O4. The Morgan fingerprint density at radius 2 is 1.89 bits per heavy atom. The molecule has 1 aliphatic heterocycles. The van der Waals surface area contributed by atoms with Crippen LogP contribution >= 0.6 is 0 Å². The Bertz CT molecular complexity index is 885. The van der Waals surface area contributed by atoms with Gasteiger partial charge >= 0.3 is 5.97 Å². The second kappa shape index (κ2) is 8.65. The van der Waals surface area contributed by atoms with Crippen molar-refractivity contribution in [1.82, 2.24) is 10.2 Å². The maximum atomic E-state index is 14.0. The first-order chi connectivity index (χ1) is 13.4. The van der Waals surface area contributed by atoms with Crippen molar-refractivity contribution in [2.75, 3.05) is 13.1 Å². The lowest BCUT2D eigenvalue weighted by atomic mass is 10.1. The van der Waals surface area contributed by atoms with Crippen LogP contribution in [-0.4, -0.2) is 46.9 Å². The predicted molar refractivity (Wildman–Crippen MR) is 101 cm³/mol. The number of benzene rings is 2. The molecule has 2 aromatic carbocycles. The van der Waals surface area contributed by atoms with Crippen molar-refractivity contribution in [3.8, 4) is 0 Å². The first-order valence-electron chi connectivity index (χ1n) is 9.09. The van der Waals surface area contributed by atoms with Gasteiger partial charge in [-0.1, -0.05) is 30.3 Å². The molecule has 0 bridgehead atoms. The summed E-state index contributed by atoms with van der Waals surface area (Å²) in [5.74, 6) is -2.73. The van der Waals surface area contributed by atoms with Crippen molar-refractivity contribution in [2.24, 2.45) is 0 Å². The second-order valence-corrected chi connectivity index (χ2v) is 6.78. The molecule has 0 aliphatic carbocycles. The monoisotopic (exact) mass is 384 g/mol. The van der Waals surface area contributed by atoms with E-state index in [4.69, 9.17) is 5.11 Å². The highest BCUT2D eigenvalue weighted by Crippen LogP contribution is 2.15. The summed E-state index contributed by atoms with van der Waals surface area (Å²) < 4.78 is 14.0. The van der Waals surface area contributed by atoms with Crippen molar-refractivity contribution in [3.05, 3.63) is 71.0 Å². The van der Waals surface area contributed by atoms with E-state index < -0.39 is 17.7 Å². The molecule has 0 saturated carbocycles. The van der Waals surface area contributed by atoms with Crippen molar-refractivity contribution in [2.45, 2.75) is 25.3 Å². The second-order valence-electron chi connectivity index (χ2n) is 6.78. The maximum Gasteiger partial charge on any atom is 0.335 e. The van der Waals surface area contributed by atoms with Crippen LogP contribution in [0.3, 0.4) is 0 Å². The van der Waals surface area contributed by atoms with Gasteiger partial charge in [-0.05, 0) is 36.6 Å². The number of carbonyl (C=O) groups excluding carboxylic acids is 2. The molecule has 146 valence electrons. The SMILES string of the molecule is O=C(O)c1ccc(C(=O)NC2CCN(C(=O)CCc3ccccc3)C2)c(F)c1. The number of likely N-dealkylation sites (tertiary alicyclic amines) is 1. The summed E-state index contributed by atoms with van der Waals surface area (Å²) in [5.41, 5.74) is 0.671. The quantitative estimate of drug-likeness (QED) is 0.801. The van der Waals surface area contributed by atoms with Crippen LogP contribution in [0, 0.1) is 5.82 Å². The van der Waals surface area contributed by atoms with Crippen LogP contribution in [0.4, 0.5) is 4.39 Å². The number of carboxylic acids is 1. The molecule has 0 aromatic heterocycles. The molecule has 1 saturated heterocycles. The zero-order valence-corrected chi connectivity index (χ0v) is 15.2. The van der Waals surface area contributed by atoms with E-state index >= 15 is 0 Å². The highest BCUT2D eigenvalue weighted by atomic mass is 19.1. The van der Waals surface area contributed by atoms with Gasteiger partial charge in [-0.3, -0.25) is 9.59 Å². The molecule has 7 heteroatoms. The molecule has 1 atom stereocenters. The van der Waals surface area contributed by atoms with E-state index in [9.17, 15) is 18.8 Å². The van der Waals surface area contributed by atoms with Gasteiger partial charge in [0.25, 0.3) is 5.91 Å². The van der Waals surface area contributed by atoms with E-state index in [0.29, 0.717) is 32.4 Å². The van der Waals surface area contributed by atoms with Gasteiger partial charge in [0.05, 0.1) is 11.1 Å². The molecule has 2 aromatic rings. The molecule has 0 radical (unpaired) electrons. The van der Waals surface area contributed by atoms with E-state index in [2.05, 4.69) is 5.32 Å². The Morgan fingerprint density at radius 1 is 1.14 bits per heavy atom. The third-order valence-electron chi connectivity index (χ3n) is 4.81. The number of rotatable bonds is 6. The number of halogens is 1. The minimum Gasteiger partial charge on any atom is -0.478 e. The van der Waals surface area contributed by atoms with Crippen LogP contribution in [0.15, 0.2) is 48.5 Å². The fourth-order valence-electron chi connectivity index (χ4n) is 3.25. The summed E-state index contributed by atoms with van der Waals surface area (Å²) in [6, 6.07) is 12.7.